The van der Waals surface area contributed by atoms with Crippen molar-refractivity contribution in [1.82, 2.24) is 11.0 Å². The summed E-state index contributed by atoms with van der Waals surface area (Å²) in [5, 5.41) is 0. The average Bonchev–Trinajstić information content (AvgIpc) is 2.56. The lowest BCUT2D eigenvalue weighted by atomic mass is 9.92. The third-order valence-electron chi connectivity index (χ3n) is 3.28. The Morgan fingerprint density at radius 1 is 0.714 bits per heavy atom. The molecule has 0 atom stereocenters. The van der Waals surface area contributed by atoms with Gasteiger partial charge in [0, 0.05) is 11.1 Å². The van der Waals surface area contributed by atoms with Crippen LogP contribution in [0, 0.1) is 12.8 Å². The highest BCUT2D eigenvalue weighted by molar-refractivity contribution is 7.91. The number of hydroxylamine groups is 2. The van der Waals surface area contributed by atoms with E-state index in [2.05, 4.69) is 11.0 Å². The number of fused-ring (bicyclic) bond motifs is 1. The Morgan fingerprint density at radius 3 is 1.32 bits per heavy atom. The summed E-state index contributed by atoms with van der Waals surface area (Å²) >= 11 is 0. The summed E-state index contributed by atoms with van der Waals surface area (Å²) in [6, 6.07) is 0. The first-order chi connectivity index (χ1) is 12.6. The first-order valence-electron chi connectivity index (χ1n) is 8.54. The van der Waals surface area contributed by atoms with Crippen molar-refractivity contribution in [3.63, 3.8) is 0 Å². The molecular weight excluding hydrogens is 404 g/mol. The number of rotatable bonds is 6. The van der Waals surface area contributed by atoms with Crippen molar-refractivity contribution in [1.29, 1.82) is 0 Å². The van der Waals surface area contributed by atoms with Gasteiger partial charge in [0.25, 0.3) is 0 Å². The van der Waals surface area contributed by atoms with Crippen molar-refractivity contribution < 1.29 is 25.4 Å². The van der Waals surface area contributed by atoms with Gasteiger partial charge in [-0.05, 0) is 41.5 Å². The standard InChI is InChI=1S/C18H26N2O6S2/c1-17(2,3)19-25-27(21,22)15-9-7-14-12-16(10-8-13(14)11-15)28(23,24)26-20-18(4,5)6/h7-12,19-20H,1-6H3/q+2. The maximum atomic E-state index is 12.3. The van der Waals surface area contributed by atoms with E-state index in [1.165, 1.54) is 37.1 Å². The van der Waals surface area contributed by atoms with Crippen LogP contribution in [0.2, 0.25) is 0 Å². The van der Waals surface area contributed by atoms with Crippen molar-refractivity contribution in [3.05, 3.63) is 58.1 Å². The molecular formula is C18H26N2O6S2+2. The molecule has 0 heterocycles. The van der Waals surface area contributed by atoms with E-state index in [1.807, 2.05) is 0 Å². The third kappa shape index (κ3) is 6.23. The molecule has 154 valence electrons. The van der Waals surface area contributed by atoms with Crippen molar-refractivity contribution in [2.45, 2.75) is 52.6 Å². The van der Waals surface area contributed by atoms with E-state index in [1.54, 1.807) is 41.5 Å². The van der Waals surface area contributed by atoms with Crippen LogP contribution in [-0.2, 0) is 28.8 Å². The fourth-order valence-electron chi connectivity index (χ4n) is 1.97. The van der Waals surface area contributed by atoms with Gasteiger partial charge in [-0.1, -0.05) is 0 Å². The summed E-state index contributed by atoms with van der Waals surface area (Å²) in [6.07, 6.45) is 8.57. The van der Waals surface area contributed by atoms with Gasteiger partial charge in [0.15, 0.2) is 11.1 Å². The monoisotopic (exact) mass is 430 g/mol. The zero-order chi connectivity index (χ0) is 21.4. The lowest BCUT2D eigenvalue weighted by molar-refractivity contribution is 0.129. The van der Waals surface area contributed by atoms with Crippen molar-refractivity contribution in [2.75, 3.05) is 0 Å². The van der Waals surface area contributed by atoms with E-state index in [4.69, 9.17) is 8.57 Å². The predicted molar refractivity (Wildman–Crippen MR) is 107 cm³/mol. The minimum Gasteiger partial charge on any atom is -0.181 e. The first kappa shape index (κ1) is 22.7. The molecule has 10 heteroatoms. The molecule has 0 spiro atoms. The van der Waals surface area contributed by atoms with Crippen LogP contribution in [0.25, 0.3) is 0 Å². The lowest BCUT2D eigenvalue weighted by Gasteiger charge is -2.19. The maximum absolute atomic E-state index is 12.3. The van der Waals surface area contributed by atoms with E-state index >= 15 is 0 Å². The highest BCUT2D eigenvalue weighted by Gasteiger charge is 2.39. The Labute approximate surface area is 167 Å². The Morgan fingerprint density at radius 2 is 1.04 bits per heavy atom. The van der Waals surface area contributed by atoms with Gasteiger partial charge in [0.2, 0.25) is 9.81 Å². The van der Waals surface area contributed by atoms with Gasteiger partial charge in [0.1, 0.15) is 12.2 Å². The summed E-state index contributed by atoms with van der Waals surface area (Å²) in [4.78, 5) is -0.0870. The summed E-state index contributed by atoms with van der Waals surface area (Å²) in [7, 11) is -8.02. The summed E-state index contributed by atoms with van der Waals surface area (Å²) < 4.78 is 59.0. The van der Waals surface area contributed by atoms with Gasteiger partial charge in [-0.3, -0.25) is 0 Å². The highest BCUT2D eigenvalue weighted by atomic mass is 32.2. The Hall–Kier alpha value is -1.56. The molecule has 0 aromatic rings. The van der Waals surface area contributed by atoms with Crippen LogP contribution in [0.4, 0.5) is 0 Å². The zero-order valence-electron chi connectivity index (χ0n) is 16.7. The topological polar surface area (TPSA) is 111 Å². The lowest BCUT2D eigenvalue weighted by Crippen LogP contribution is -2.38. The molecule has 0 bridgehead atoms. The zero-order valence-corrected chi connectivity index (χ0v) is 18.4. The van der Waals surface area contributed by atoms with Crippen LogP contribution in [0.5, 0.6) is 0 Å². The van der Waals surface area contributed by atoms with Gasteiger partial charge in [-0.25, -0.2) is 0 Å². The van der Waals surface area contributed by atoms with Crippen LogP contribution in [0.1, 0.15) is 41.5 Å². The fourth-order valence-corrected chi connectivity index (χ4v) is 3.89. The van der Waals surface area contributed by atoms with E-state index in [0.717, 1.165) is 0 Å². The Balaban J connectivity index is 2.15. The number of nitrogens with one attached hydrogen (secondary N) is 2. The first-order valence-corrected chi connectivity index (χ1v) is 11.4. The average molecular weight is 431 g/mol. The van der Waals surface area contributed by atoms with Gasteiger partial charge >= 0.3 is 20.2 Å². The second-order valence-corrected chi connectivity index (χ2v) is 11.5. The molecule has 0 aliphatic heterocycles. The van der Waals surface area contributed by atoms with Gasteiger partial charge in [0.05, 0.1) is 25.0 Å². The van der Waals surface area contributed by atoms with Crippen LogP contribution >= 0.6 is 0 Å². The van der Waals surface area contributed by atoms with Crippen molar-refractivity contribution >= 4 is 20.2 Å². The molecule has 28 heavy (non-hydrogen) atoms. The predicted octanol–water partition coefficient (Wildman–Crippen LogP) is 2.34. The Bertz CT molecular complexity index is 877. The molecule has 0 aromatic heterocycles. The normalized spacial score (nSPS) is 18.1. The smallest absolute Gasteiger partial charge is 0.181 e. The molecule has 2 N–H and O–H groups in total. The summed E-state index contributed by atoms with van der Waals surface area (Å²) in [5.74, 6) is 0. The van der Waals surface area contributed by atoms with Crippen LogP contribution in [0.3, 0.4) is 0 Å². The SMILES string of the molecule is CC(C)(C)NOS(=O)(=O)C1=C[CH+]C2=CC(S(=O)(=O)ONC(C)(C)C)=C[CH+]C2=C1. The number of hydrogen-bond donors (Lipinski definition) is 2. The molecule has 0 unspecified atom stereocenters. The van der Waals surface area contributed by atoms with Gasteiger partial charge < -0.3 is 0 Å². The van der Waals surface area contributed by atoms with Crippen molar-refractivity contribution in [3.8, 4) is 0 Å². The maximum Gasteiger partial charge on any atom is 0.358 e. The summed E-state index contributed by atoms with van der Waals surface area (Å²) in [5.41, 5.74) is 4.94. The summed E-state index contributed by atoms with van der Waals surface area (Å²) in [6.45, 7) is 10.6. The van der Waals surface area contributed by atoms with Crippen LogP contribution < -0.4 is 11.0 Å². The molecule has 0 saturated carbocycles. The minimum atomic E-state index is -4.01. The Kier molecular flexibility index (Phi) is 6.25. The van der Waals surface area contributed by atoms with E-state index in [-0.39, 0.29) is 9.81 Å². The van der Waals surface area contributed by atoms with Crippen LogP contribution in [0.15, 0.2) is 45.3 Å². The van der Waals surface area contributed by atoms with Crippen LogP contribution in [-0.4, -0.2) is 27.9 Å². The largest absolute Gasteiger partial charge is 0.358 e. The molecule has 2 aliphatic rings. The molecule has 2 rings (SSSR count). The third-order valence-corrected chi connectivity index (χ3v) is 5.54. The quantitative estimate of drug-likeness (QED) is 0.488. The molecule has 0 radical (unpaired) electrons. The number of hydrogen-bond acceptors (Lipinski definition) is 8. The van der Waals surface area contributed by atoms with Gasteiger partial charge in [-0.15, -0.1) is 0 Å². The van der Waals surface area contributed by atoms with E-state index in [0.29, 0.717) is 11.1 Å². The molecule has 0 amide bonds. The molecule has 0 aromatic carbocycles. The number of allylic oxidation sites excluding steroid dienone is 6. The van der Waals surface area contributed by atoms with E-state index in [9.17, 15) is 16.8 Å². The highest BCUT2D eigenvalue weighted by Crippen LogP contribution is 2.33. The molecule has 0 saturated heterocycles. The second-order valence-electron chi connectivity index (χ2n) is 8.45. The second kappa shape index (κ2) is 7.69. The fraction of sp³-hybridized carbons (Fsp3) is 0.444. The molecule has 0 fully saturated rings. The minimum absolute atomic E-state index is 0.0435. The molecule has 8 nitrogen and oxygen atoms in total. The van der Waals surface area contributed by atoms with E-state index < -0.39 is 31.3 Å². The van der Waals surface area contributed by atoms with Gasteiger partial charge in [-0.2, -0.15) is 36.4 Å². The van der Waals surface area contributed by atoms with Crippen molar-refractivity contribution in [2.24, 2.45) is 0 Å². The molecule has 2 aliphatic carbocycles.